The topological polar surface area (TPSA) is 9.23 Å². The van der Waals surface area contributed by atoms with Gasteiger partial charge in [0.2, 0.25) is 0 Å². The number of benzene rings is 1. The first kappa shape index (κ1) is 18.0. The van der Waals surface area contributed by atoms with Gasteiger partial charge in [-0.25, -0.2) is 0 Å². The molecule has 0 radical (unpaired) electrons. The van der Waals surface area contributed by atoms with Crippen LogP contribution in [0.25, 0.3) is 0 Å². The molecular formula is C17H26Br2O. The summed E-state index contributed by atoms with van der Waals surface area (Å²) in [4.78, 5) is 0.382. The van der Waals surface area contributed by atoms with Gasteiger partial charge in [0.15, 0.2) is 0 Å². The summed E-state index contributed by atoms with van der Waals surface area (Å²) in [6.45, 7) is 5.01. The Hall–Kier alpha value is -0.0200. The van der Waals surface area contributed by atoms with Gasteiger partial charge in [0, 0.05) is 14.9 Å². The molecule has 0 aliphatic rings. The van der Waals surface area contributed by atoms with Crippen LogP contribution in [0.1, 0.15) is 69.2 Å². The van der Waals surface area contributed by atoms with E-state index >= 15 is 0 Å². The van der Waals surface area contributed by atoms with Crippen LogP contribution < -0.4 is 4.74 Å². The molecule has 0 fully saturated rings. The van der Waals surface area contributed by atoms with E-state index in [0.29, 0.717) is 11.4 Å². The second-order valence-electron chi connectivity index (χ2n) is 5.14. The smallest absolute Gasteiger partial charge is 0.123 e. The van der Waals surface area contributed by atoms with Crippen LogP contribution in [0.4, 0.5) is 0 Å². The van der Waals surface area contributed by atoms with E-state index in [-0.39, 0.29) is 0 Å². The number of unbranched alkanes of at least 4 members (excludes halogenated alkanes) is 5. The van der Waals surface area contributed by atoms with E-state index in [1.54, 1.807) is 0 Å². The molecule has 0 spiro atoms. The lowest BCUT2D eigenvalue weighted by Crippen LogP contribution is -1.99. The van der Waals surface area contributed by atoms with Crippen LogP contribution in [0.15, 0.2) is 22.7 Å². The van der Waals surface area contributed by atoms with Crippen LogP contribution in [0.2, 0.25) is 0 Å². The normalized spacial score (nSPS) is 12.4. The van der Waals surface area contributed by atoms with Crippen LogP contribution in [0, 0.1) is 0 Å². The van der Waals surface area contributed by atoms with Gasteiger partial charge < -0.3 is 4.74 Å². The lowest BCUT2D eigenvalue weighted by molar-refractivity contribution is 0.336. The Morgan fingerprint density at radius 1 is 1.05 bits per heavy atom. The van der Waals surface area contributed by atoms with Crippen LogP contribution >= 0.6 is 31.9 Å². The molecule has 0 aliphatic carbocycles. The molecule has 0 bridgehead atoms. The number of ether oxygens (including phenoxy) is 1. The molecule has 1 atom stereocenters. The van der Waals surface area contributed by atoms with Gasteiger partial charge >= 0.3 is 0 Å². The summed E-state index contributed by atoms with van der Waals surface area (Å²) in [7, 11) is 0. The van der Waals surface area contributed by atoms with Crippen molar-refractivity contribution >= 4 is 31.9 Å². The van der Waals surface area contributed by atoms with Gasteiger partial charge in [0.05, 0.1) is 6.61 Å². The first-order valence-electron chi connectivity index (χ1n) is 7.75. The highest BCUT2D eigenvalue weighted by Crippen LogP contribution is 2.37. The zero-order valence-corrected chi connectivity index (χ0v) is 15.8. The Bertz CT molecular complexity index is 379. The van der Waals surface area contributed by atoms with Gasteiger partial charge in [0.25, 0.3) is 0 Å². The molecule has 1 unspecified atom stereocenters. The molecule has 1 aromatic carbocycles. The Kier molecular flexibility index (Phi) is 9.62. The molecule has 0 saturated carbocycles. The van der Waals surface area contributed by atoms with Gasteiger partial charge in [-0.3, -0.25) is 0 Å². The van der Waals surface area contributed by atoms with Crippen molar-refractivity contribution in [2.75, 3.05) is 6.61 Å². The van der Waals surface area contributed by atoms with Crippen molar-refractivity contribution in [1.29, 1.82) is 0 Å². The maximum atomic E-state index is 5.72. The van der Waals surface area contributed by atoms with E-state index < -0.39 is 0 Å². The van der Waals surface area contributed by atoms with Crippen LogP contribution in [0.3, 0.4) is 0 Å². The fourth-order valence-electron chi connectivity index (χ4n) is 2.31. The highest BCUT2D eigenvalue weighted by molar-refractivity contribution is 9.10. The summed E-state index contributed by atoms with van der Waals surface area (Å²) in [5, 5.41) is 0. The highest BCUT2D eigenvalue weighted by atomic mass is 79.9. The van der Waals surface area contributed by atoms with Gasteiger partial charge in [-0.15, -0.1) is 0 Å². The SMILES string of the molecule is CCCCCCCCC(Br)c1cc(Br)ccc1OCC. The molecule has 0 aliphatic heterocycles. The summed E-state index contributed by atoms with van der Waals surface area (Å²) >= 11 is 7.37. The van der Waals surface area contributed by atoms with Crippen molar-refractivity contribution in [3.63, 3.8) is 0 Å². The molecule has 0 saturated heterocycles. The van der Waals surface area contributed by atoms with E-state index in [1.165, 1.54) is 50.5 Å². The summed E-state index contributed by atoms with van der Waals surface area (Å²) in [6, 6.07) is 6.26. The molecule has 1 aromatic rings. The lowest BCUT2D eigenvalue weighted by atomic mass is 10.0. The first-order valence-corrected chi connectivity index (χ1v) is 9.46. The fourth-order valence-corrected chi connectivity index (χ4v) is 3.37. The predicted octanol–water partition coefficient (Wildman–Crippen LogP) is 7.03. The van der Waals surface area contributed by atoms with Gasteiger partial charge in [-0.2, -0.15) is 0 Å². The predicted molar refractivity (Wildman–Crippen MR) is 95.0 cm³/mol. The van der Waals surface area contributed by atoms with Crippen molar-refractivity contribution in [2.45, 2.75) is 63.6 Å². The molecule has 3 heteroatoms. The number of hydrogen-bond donors (Lipinski definition) is 0. The standard InChI is InChI=1S/C17H26Br2O/c1-3-5-6-7-8-9-10-16(19)15-13-14(18)11-12-17(15)20-4-2/h11-13,16H,3-10H2,1-2H3. The summed E-state index contributed by atoms with van der Waals surface area (Å²) in [5.74, 6) is 1.00. The molecule has 1 rings (SSSR count). The zero-order chi connectivity index (χ0) is 14.8. The number of halogens is 2. The van der Waals surface area contributed by atoms with Crippen LogP contribution in [0.5, 0.6) is 5.75 Å². The minimum Gasteiger partial charge on any atom is -0.494 e. The first-order chi connectivity index (χ1) is 9.69. The third-order valence-corrected chi connectivity index (χ3v) is 4.86. The minimum absolute atomic E-state index is 0.382. The maximum Gasteiger partial charge on any atom is 0.123 e. The van der Waals surface area contributed by atoms with Gasteiger partial charge in [0.1, 0.15) is 5.75 Å². The van der Waals surface area contributed by atoms with Crippen molar-refractivity contribution in [2.24, 2.45) is 0 Å². The molecule has 0 aromatic heterocycles. The van der Waals surface area contributed by atoms with Crippen molar-refractivity contribution < 1.29 is 4.74 Å². The van der Waals surface area contributed by atoms with E-state index in [4.69, 9.17) is 4.74 Å². The van der Waals surface area contributed by atoms with Crippen molar-refractivity contribution in [3.05, 3.63) is 28.2 Å². The van der Waals surface area contributed by atoms with E-state index in [2.05, 4.69) is 50.9 Å². The monoisotopic (exact) mass is 404 g/mol. The Balaban J connectivity index is 2.45. The Morgan fingerprint density at radius 3 is 2.45 bits per heavy atom. The number of alkyl halides is 1. The van der Waals surface area contributed by atoms with Crippen molar-refractivity contribution in [1.82, 2.24) is 0 Å². The fraction of sp³-hybridized carbons (Fsp3) is 0.647. The highest BCUT2D eigenvalue weighted by Gasteiger charge is 2.13. The maximum absolute atomic E-state index is 5.72. The Morgan fingerprint density at radius 2 is 1.75 bits per heavy atom. The van der Waals surface area contributed by atoms with Crippen LogP contribution in [-0.4, -0.2) is 6.61 Å². The number of rotatable bonds is 10. The third-order valence-electron chi connectivity index (χ3n) is 3.42. The molecule has 0 N–H and O–H groups in total. The zero-order valence-electron chi connectivity index (χ0n) is 12.6. The lowest BCUT2D eigenvalue weighted by Gasteiger charge is -2.15. The van der Waals surface area contributed by atoms with Crippen LogP contribution in [-0.2, 0) is 0 Å². The van der Waals surface area contributed by atoms with Crippen molar-refractivity contribution in [3.8, 4) is 5.75 Å². The molecule has 0 heterocycles. The third kappa shape index (κ3) is 6.62. The van der Waals surface area contributed by atoms with E-state index in [0.717, 1.165) is 10.2 Å². The van der Waals surface area contributed by atoms with E-state index in [9.17, 15) is 0 Å². The molecular weight excluding hydrogens is 380 g/mol. The molecule has 0 amide bonds. The van der Waals surface area contributed by atoms with E-state index in [1.807, 2.05) is 13.0 Å². The summed E-state index contributed by atoms with van der Waals surface area (Å²) in [5.41, 5.74) is 1.26. The largest absolute Gasteiger partial charge is 0.494 e. The summed E-state index contributed by atoms with van der Waals surface area (Å²) in [6.07, 6.45) is 9.21. The summed E-state index contributed by atoms with van der Waals surface area (Å²) < 4.78 is 6.84. The average Bonchev–Trinajstić information content (AvgIpc) is 2.44. The molecule has 20 heavy (non-hydrogen) atoms. The quantitative estimate of drug-likeness (QED) is 0.299. The number of hydrogen-bond acceptors (Lipinski definition) is 1. The minimum atomic E-state index is 0.382. The average molecular weight is 406 g/mol. The van der Waals surface area contributed by atoms with Gasteiger partial charge in [-0.05, 0) is 31.5 Å². The molecule has 1 nitrogen and oxygen atoms in total. The Labute approximate surface area is 140 Å². The molecule has 114 valence electrons. The van der Waals surface area contributed by atoms with Gasteiger partial charge in [-0.1, -0.05) is 77.3 Å². The second-order valence-corrected chi connectivity index (χ2v) is 7.16. The second kappa shape index (κ2) is 10.7.